The van der Waals surface area contributed by atoms with Gasteiger partial charge < -0.3 is 0 Å². The summed E-state index contributed by atoms with van der Waals surface area (Å²) in [6.07, 6.45) is 0.887. The highest BCUT2D eigenvalue weighted by Crippen LogP contribution is 2.26. The van der Waals surface area contributed by atoms with Gasteiger partial charge in [-0.05, 0) is 30.5 Å². The van der Waals surface area contributed by atoms with Crippen LogP contribution in [-0.2, 0) is 6.42 Å². The van der Waals surface area contributed by atoms with Crippen molar-refractivity contribution in [3.05, 3.63) is 71.5 Å². The molecule has 2 aromatic carbocycles. The molecule has 3 nitrogen and oxygen atoms in total. The zero-order chi connectivity index (χ0) is 14.7. The number of aromatic nitrogens is 3. The summed E-state index contributed by atoms with van der Waals surface area (Å²) < 4.78 is 1.99. The minimum atomic E-state index is 0.185. The van der Waals surface area contributed by atoms with Crippen LogP contribution in [0, 0.1) is 0 Å². The van der Waals surface area contributed by atoms with Crippen molar-refractivity contribution in [2.24, 2.45) is 0 Å². The predicted molar refractivity (Wildman–Crippen MR) is 85.3 cm³/mol. The average molecular weight is 298 g/mol. The Morgan fingerprint density at radius 2 is 1.57 bits per heavy atom. The molecule has 3 rings (SSSR count). The SMILES string of the molecule is CC(Cc1ccccc1)n1c(Cl)nnc1-c1ccccc1. The van der Waals surface area contributed by atoms with E-state index in [9.17, 15) is 0 Å². The van der Waals surface area contributed by atoms with Gasteiger partial charge in [0.05, 0.1) is 0 Å². The lowest BCUT2D eigenvalue weighted by molar-refractivity contribution is 0.549. The van der Waals surface area contributed by atoms with Crippen LogP contribution in [0.5, 0.6) is 0 Å². The quantitative estimate of drug-likeness (QED) is 0.714. The molecular formula is C17H16ClN3. The fourth-order valence-electron chi connectivity index (χ4n) is 2.49. The van der Waals surface area contributed by atoms with Gasteiger partial charge in [-0.1, -0.05) is 60.7 Å². The fraction of sp³-hybridized carbons (Fsp3) is 0.176. The first-order valence-corrected chi connectivity index (χ1v) is 7.33. The average Bonchev–Trinajstić information content (AvgIpc) is 2.91. The van der Waals surface area contributed by atoms with E-state index >= 15 is 0 Å². The Kier molecular flexibility index (Phi) is 4.02. The van der Waals surface area contributed by atoms with Gasteiger partial charge >= 0.3 is 0 Å². The van der Waals surface area contributed by atoms with E-state index in [1.165, 1.54) is 5.56 Å². The predicted octanol–water partition coefficient (Wildman–Crippen LogP) is 4.40. The van der Waals surface area contributed by atoms with Crippen LogP contribution in [0.15, 0.2) is 60.7 Å². The summed E-state index contributed by atoms with van der Waals surface area (Å²) in [7, 11) is 0. The molecule has 0 fully saturated rings. The van der Waals surface area contributed by atoms with Crippen molar-refractivity contribution in [3.63, 3.8) is 0 Å². The maximum atomic E-state index is 6.25. The second kappa shape index (κ2) is 6.10. The Balaban J connectivity index is 1.93. The van der Waals surface area contributed by atoms with E-state index in [2.05, 4.69) is 29.3 Å². The normalized spacial score (nSPS) is 12.3. The van der Waals surface area contributed by atoms with Gasteiger partial charge in [-0.25, -0.2) is 0 Å². The first kappa shape index (κ1) is 13.8. The van der Waals surface area contributed by atoms with Crippen molar-refractivity contribution >= 4 is 11.6 Å². The van der Waals surface area contributed by atoms with Gasteiger partial charge in [0.15, 0.2) is 5.82 Å². The number of halogens is 1. The van der Waals surface area contributed by atoms with E-state index in [1.54, 1.807) is 0 Å². The Morgan fingerprint density at radius 3 is 2.24 bits per heavy atom. The van der Waals surface area contributed by atoms with Crippen molar-refractivity contribution in [1.29, 1.82) is 0 Å². The van der Waals surface area contributed by atoms with Crippen molar-refractivity contribution in [2.75, 3.05) is 0 Å². The molecule has 0 amide bonds. The lowest BCUT2D eigenvalue weighted by atomic mass is 10.1. The van der Waals surface area contributed by atoms with E-state index in [-0.39, 0.29) is 6.04 Å². The van der Waals surface area contributed by atoms with Gasteiger partial charge in [0.1, 0.15) is 0 Å². The molecule has 0 aliphatic carbocycles. The maximum absolute atomic E-state index is 6.25. The van der Waals surface area contributed by atoms with Crippen LogP contribution in [-0.4, -0.2) is 14.8 Å². The van der Waals surface area contributed by atoms with E-state index in [4.69, 9.17) is 11.6 Å². The first-order valence-electron chi connectivity index (χ1n) is 6.95. The molecule has 1 heterocycles. The molecule has 0 N–H and O–H groups in total. The molecule has 0 radical (unpaired) electrons. The topological polar surface area (TPSA) is 30.7 Å². The molecule has 4 heteroatoms. The van der Waals surface area contributed by atoms with Crippen LogP contribution in [0.1, 0.15) is 18.5 Å². The zero-order valence-electron chi connectivity index (χ0n) is 11.8. The molecule has 0 saturated heterocycles. The summed E-state index contributed by atoms with van der Waals surface area (Å²) in [4.78, 5) is 0. The molecule has 3 aromatic rings. The van der Waals surface area contributed by atoms with Gasteiger partial charge in [0, 0.05) is 11.6 Å². The standard InChI is InChI=1S/C17H16ClN3/c1-13(12-14-8-4-2-5-9-14)21-16(19-20-17(21)18)15-10-6-3-7-11-15/h2-11,13H,12H2,1H3. The summed E-state index contributed by atoms with van der Waals surface area (Å²) in [6.45, 7) is 2.13. The van der Waals surface area contributed by atoms with Crippen molar-refractivity contribution in [1.82, 2.24) is 14.8 Å². The Bertz CT molecular complexity index is 707. The van der Waals surface area contributed by atoms with Crippen LogP contribution < -0.4 is 0 Å². The summed E-state index contributed by atoms with van der Waals surface area (Å²) in [5.74, 6) is 0.809. The van der Waals surface area contributed by atoms with Crippen molar-refractivity contribution < 1.29 is 0 Å². The highest BCUT2D eigenvalue weighted by Gasteiger charge is 2.17. The largest absolute Gasteiger partial charge is 0.295 e. The molecule has 1 aromatic heterocycles. The Labute approximate surface area is 129 Å². The monoisotopic (exact) mass is 297 g/mol. The second-order valence-corrected chi connectivity index (χ2v) is 5.41. The van der Waals surface area contributed by atoms with Crippen LogP contribution >= 0.6 is 11.6 Å². The summed E-state index contributed by atoms with van der Waals surface area (Å²) in [5.41, 5.74) is 2.30. The van der Waals surface area contributed by atoms with Crippen LogP contribution in [0.4, 0.5) is 0 Å². The van der Waals surface area contributed by atoms with Crippen LogP contribution in [0.3, 0.4) is 0 Å². The van der Waals surface area contributed by atoms with E-state index < -0.39 is 0 Å². The van der Waals surface area contributed by atoms with Gasteiger partial charge in [-0.3, -0.25) is 4.57 Å². The second-order valence-electron chi connectivity index (χ2n) is 5.07. The Hall–Kier alpha value is -2.13. The summed E-state index contributed by atoms with van der Waals surface area (Å²) in [6, 6.07) is 20.6. The molecule has 1 atom stereocenters. The third kappa shape index (κ3) is 2.98. The van der Waals surface area contributed by atoms with Crippen LogP contribution in [0.2, 0.25) is 5.28 Å². The number of hydrogen-bond acceptors (Lipinski definition) is 2. The van der Waals surface area contributed by atoms with Crippen molar-refractivity contribution in [3.8, 4) is 11.4 Å². The molecule has 1 unspecified atom stereocenters. The third-order valence-electron chi connectivity index (χ3n) is 3.50. The highest BCUT2D eigenvalue weighted by molar-refractivity contribution is 6.28. The van der Waals surface area contributed by atoms with E-state index in [0.717, 1.165) is 17.8 Å². The molecule has 21 heavy (non-hydrogen) atoms. The number of hydrogen-bond donors (Lipinski definition) is 0. The number of benzene rings is 2. The van der Waals surface area contributed by atoms with Gasteiger partial charge in [-0.2, -0.15) is 0 Å². The Morgan fingerprint density at radius 1 is 0.952 bits per heavy atom. The molecule has 0 spiro atoms. The number of rotatable bonds is 4. The van der Waals surface area contributed by atoms with Gasteiger partial charge in [-0.15, -0.1) is 10.2 Å². The molecule has 0 aliphatic rings. The first-order chi connectivity index (χ1) is 10.3. The highest BCUT2D eigenvalue weighted by atomic mass is 35.5. The van der Waals surface area contributed by atoms with Gasteiger partial charge in [0.25, 0.3) is 0 Å². The molecular weight excluding hydrogens is 282 g/mol. The third-order valence-corrected chi connectivity index (χ3v) is 3.76. The molecule has 106 valence electrons. The molecule has 0 saturated carbocycles. The minimum absolute atomic E-state index is 0.185. The smallest absolute Gasteiger partial charge is 0.225 e. The zero-order valence-corrected chi connectivity index (χ0v) is 12.5. The lowest BCUT2D eigenvalue weighted by Gasteiger charge is -2.16. The van der Waals surface area contributed by atoms with Crippen molar-refractivity contribution in [2.45, 2.75) is 19.4 Å². The molecule has 0 bridgehead atoms. The molecule has 0 aliphatic heterocycles. The van der Waals surface area contributed by atoms with Gasteiger partial charge in [0.2, 0.25) is 5.28 Å². The lowest BCUT2D eigenvalue weighted by Crippen LogP contribution is -2.10. The fourth-order valence-corrected chi connectivity index (χ4v) is 2.78. The number of nitrogens with zero attached hydrogens (tertiary/aromatic N) is 3. The van der Waals surface area contributed by atoms with E-state index in [1.807, 2.05) is 53.1 Å². The summed E-state index contributed by atoms with van der Waals surface area (Å²) in [5, 5.41) is 8.69. The van der Waals surface area contributed by atoms with E-state index in [0.29, 0.717) is 5.28 Å². The minimum Gasteiger partial charge on any atom is -0.295 e. The van der Waals surface area contributed by atoms with Crippen LogP contribution in [0.25, 0.3) is 11.4 Å². The maximum Gasteiger partial charge on any atom is 0.225 e. The summed E-state index contributed by atoms with van der Waals surface area (Å²) >= 11 is 6.25.